The van der Waals surface area contributed by atoms with Crippen molar-refractivity contribution in [2.45, 2.75) is 6.54 Å². The highest BCUT2D eigenvalue weighted by Gasteiger charge is 2.19. The van der Waals surface area contributed by atoms with Crippen molar-refractivity contribution < 1.29 is 19.8 Å². The van der Waals surface area contributed by atoms with Gasteiger partial charge in [0.2, 0.25) is 0 Å². The van der Waals surface area contributed by atoms with Crippen LogP contribution in [0.4, 0.5) is 15.3 Å². The van der Waals surface area contributed by atoms with Gasteiger partial charge in [-0.2, -0.15) is 0 Å². The van der Waals surface area contributed by atoms with Crippen LogP contribution in [0.1, 0.15) is 5.56 Å². The summed E-state index contributed by atoms with van der Waals surface area (Å²) in [4.78, 5) is 21.4. The summed E-state index contributed by atoms with van der Waals surface area (Å²) < 4.78 is 0. The Morgan fingerprint density at radius 2 is 1.60 bits per heavy atom. The number of hydrogen-bond acceptors (Lipinski definition) is 3. The van der Waals surface area contributed by atoms with E-state index in [0.29, 0.717) is 16.2 Å². The van der Waals surface area contributed by atoms with Gasteiger partial charge in [-0.3, -0.25) is 0 Å². The number of nitrogens with zero attached hydrogens (tertiary/aromatic N) is 1. The molecule has 0 fully saturated rings. The topological polar surface area (TPSA) is 104 Å². The van der Waals surface area contributed by atoms with Gasteiger partial charge in [-0.05, 0) is 17.7 Å². The van der Waals surface area contributed by atoms with Crippen LogP contribution < -0.4 is 5.73 Å². The maximum Gasteiger partial charge on any atom is 0.417 e. The molecule has 0 saturated heterocycles. The molecule has 6 nitrogen and oxygen atoms in total. The average Bonchev–Trinajstić information content (AvgIpc) is 2.15. The van der Waals surface area contributed by atoms with Gasteiger partial charge >= 0.3 is 12.2 Å². The van der Waals surface area contributed by atoms with Gasteiger partial charge in [-0.1, -0.05) is 12.1 Å². The molecule has 0 radical (unpaired) electrons. The highest BCUT2D eigenvalue weighted by molar-refractivity contribution is 5.85. The first-order valence-corrected chi connectivity index (χ1v) is 4.08. The number of imide groups is 1. The Kier molecular flexibility index (Phi) is 3.12. The molecular weight excluding hydrogens is 200 g/mol. The lowest BCUT2D eigenvalue weighted by Crippen LogP contribution is -2.33. The van der Waals surface area contributed by atoms with E-state index in [1.807, 2.05) is 0 Å². The van der Waals surface area contributed by atoms with Crippen molar-refractivity contribution in [2.75, 3.05) is 5.73 Å². The second-order valence-electron chi connectivity index (χ2n) is 2.89. The normalized spacial score (nSPS) is 9.60. The maximum absolute atomic E-state index is 10.5. The molecule has 6 heteroatoms. The molecule has 0 bridgehead atoms. The molecule has 0 saturated carbocycles. The number of benzene rings is 1. The summed E-state index contributed by atoms with van der Waals surface area (Å²) in [7, 11) is 0. The lowest BCUT2D eigenvalue weighted by molar-refractivity contribution is 0.120. The van der Waals surface area contributed by atoms with Crippen LogP contribution in [-0.4, -0.2) is 27.3 Å². The number of amides is 2. The summed E-state index contributed by atoms with van der Waals surface area (Å²) in [5, 5.41) is 17.2. The van der Waals surface area contributed by atoms with E-state index in [1.54, 1.807) is 24.3 Å². The van der Waals surface area contributed by atoms with E-state index < -0.39 is 12.2 Å². The molecule has 0 aromatic heterocycles. The van der Waals surface area contributed by atoms with E-state index in [-0.39, 0.29) is 6.54 Å². The molecule has 1 rings (SSSR count). The standard InChI is InChI=1S/C9H10N2O4/c10-7-3-1-6(2-4-7)5-11(8(12)13)9(14)15/h1-4H,5,10H2,(H,12,13)(H,14,15). The van der Waals surface area contributed by atoms with E-state index in [4.69, 9.17) is 15.9 Å². The monoisotopic (exact) mass is 210 g/mol. The summed E-state index contributed by atoms with van der Waals surface area (Å²) in [6, 6.07) is 6.32. The summed E-state index contributed by atoms with van der Waals surface area (Å²) in [6.45, 7) is -0.203. The maximum atomic E-state index is 10.5. The fourth-order valence-electron chi connectivity index (χ4n) is 1.02. The molecule has 0 spiro atoms. The predicted octanol–water partition coefficient (Wildman–Crippen LogP) is 1.43. The van der Waals surface area contributed by atoms with Crippen LogP contribution in [0.25, 0.3) is 0 Å². The van der Waals surface area contributed by atoms with Gasteiger partial charge < -0.3 is 15.9 Å². The SMILES string of the molecule is Nc1ccc(CN(C(=O)O)C(=O)O)cc1. The predicted molar refractivity (Wildman–Crippen MR) is 52.4 cm³/mol. The summed E-state index contributed by atoms with van der Waals surface area (Å²) in [5.74, 6) is 0. The van der Waals surface area contributed by atoms with E-state index in [1.165, 1.54) is 0 Å². The van der Waals surface area contributed by atoms with Crippen molar-refractivity contribution in [2.24, 2.45) is 0 Å². The van der Waals surface area contributed by atoms with E-state index >= 15 is 0 Å². The molecule has 1 aromatic rings. The fraction of sp³-hybridized carbons (Fsp3) is 0.111. The first-order chi connectivity index (χ1) is 7.00. The summed E-state index contributed by atoms with van der Waals surface area (Å²) in [6.07, 6.45) is -3.00. The van der Waals surface area contributed by atoms with Crippen molar-refractivity contribution in [1.29, 1.82) is 0 Å². The third-order valence-corrected chi connectivity index (χ3v) is 1.78. The van der Waals surface area contributed by atoms with Gasteiger partial charge in [0.15, 0.2) is 0 Å². The van der Waals surface area contributed by atoms with Gasteiger partial charge in [-0.15, -0.1) is 0 Å². The first kappa shape index (κ1) is 10.8. The summed E-state index contributed by atoms with van der Waals surface area (Å²) in [5.41, 5.74) is 6.53. The van der Waals surface area contributed by atoms with Gasteiger partial charge in [0.25, 0.3) is 0 Å². The smallest absolute Gasteiger partial charge is 0.417 e. The first-order valence-electron chi connectivity index (χ1n) is 4.08. The molecule has 0 aliphatic heterocycles. The molecule has 2 amide bonds. The minimum absolute atomic E-state index is 0.203. The molecule has 4 N–H and O–H groups in total. The zero-order valence-corrected chi connectivity index (χ0v) is 7.75. The molecule has 0 aliphatic rings. The zero-order chi connectivity index (χ0) is 11.4. The number of rotatable bonds is 2. The van der Waals surface area contributed by atoms with Crippen LogP contribution in [-0.2, 0) is 6.54 Å². The third-order valence-electron chi connectivity index (χ3n) is 1.78. The van der Waals surface area contributed by atoms with Crippen molar-refractivity contribution >= 4 is 17.9 Å². The summed E-state index contributed by atoms with van der Waals surface area (Å²) >= 11 is 0. The highest BCUT2D eigenvalue weighted by atomic mass is 16.4. The van der Waals surface area contributed by atoms with Crippen LogP contribution in [0.3, 0.4) is 0 Å². The molecular formula is C9H10N2O4. The van der Waals surface area contributed by atoms with Gasteiger partial charge in [0.05, 0.1) is 6.54 Å². The van der Waals surface area contributed by atoms with Gasteiger partial charge in [-0.25, -0.2) is 14.5 Å². The Hall–Kier alpha value is -2.24. The van der Waals surface area contributed by atoms with Crippen LogP contribution in [0.15, 0.2) is 24.3 Å². The Labute approximate surface area is 85.5 Å². The van der Waals surface area contributed by atoms with Crippen molar-refractivity contribution in [3.05, 3.63) is 29.8 Å². The van der Waals surface area contributed by atoms with Crippen LogP contribution in [0.5, 0.6) is 0 Å². The van der Waals surface area contributed by atoms with E-state index in [2.05, 4.69) is 0 Å². The molecule has 0 aliphatic carbocycles. The molecule has 1 aromatic carbocycles. The third kappa shape index (κ3) is 2.87. The molecule has 15 heavy (non-hydrogen) atoms. The number of anilines is 1. The average molecular weight is 210 g/mol. The molecule has 0 atom stereocenters. The molecule has 0 unspecified atom stereocenters. The van der Waals surface area contributed by atoms with Crippen molar-refractivity contribution in [1.82, 2.24) is 4.90 Å². The van der Waals surface area contributed by atoms with Crippen molar-refractivity contribution in [3.8, 4) is 0 Å². The van der Waals surface area contributed by atoms with Crippen LogP contribution in [0.2, 0.25) is 0 Å². The Morgan fingerprint density at radius 1 is 1.13 bits per heavy atom. The Morgan fingerprint density at radius 3 is 2.00 bits per heavy atom. The zero-order valence-electron chi connectivity index (χ0n) is 7.75. The van der Waals surface area contributed by atoms with Crippen molar-refractivity contribution in [3.63, 3.8) is 0 Å². The Balaban J connectivity index is 2.79. The Bertz CT molecular complexity index is 360. The minimum Gasteiger partial charge on any atom is -0.465 e. The number of hydrogen-bond donors (Lipinski definition) is 3. The molecule has 0 heterocycles. The largest absolute Gasteiger partial charge is 0.465 e. The lowest BCUT2D eigenvalue weighted by Gasteiger charge is -2.13. The molecule has 80 valence electrons. The number of carbonyl (C=O) groups is 2. The quantitative estimate of drug-likeness (QED) is 0.640. The number of nitrogens with two attached hydrogens (primary N) is 1. The second kappa shape index (κ2) is 4.32. The highest BCUT2D eigenvalue weighted by Crippen LogP contribution is 2.08. The second-order valence-corrected chi connectivity index (χ2v) is 2.89. The van der Waals surface area contributed by atoms with E-state index in [0.717, 1.165) is 0 Å². The fourth-order valence-corrected chi connectivity index (χ4v) is 1.02. The number of carboxylic acid groups (broad SMARTS) is 2. The van der Waals surface area contributed by atoms with Gasteiger partial charge in [0.1, 0.15) is 0 Å². The van der Waals surface area contributed by atoms with E-state index in [9.17, 15) is 9.59 Å². The number of nitrogen functional groups attached to an aromatic ring is 1. The van der Waals surface area contributed by atoms with Gasteiger partial charge in [0, 0.05) is 5.69 Å². The lowest BCUT2D eigenvalue weighted by atomic mass is 10.2. The minimum atomic E-state index is -1.50. The van der Waals surface area contributed by atoms with Crippen LogP contribution in [0, 0.1) is 0 Å². The van der Waals surface area contributed by atoms with Crippen LogP contribution >= 0.6 is 0 Å².